The van der Waals surface area contributed by atoms with Crippen LogP contribution < -0.4 is 5.32 Å². The molecule has 0 aromatic heterocycles. The van der Waals surface area contributed by atoms with E-state index in [-0.39, 0.29) is 12.5 Å². The quantitative estimate of drug-likeness (QED) is 0.701. The average molecular weight is 444 g/mol. The SMILES string of the molecule is O=C(CN1CCCN(CC2CCCCC2)CC1)Nc1ccc(S(=O)(=O)C(F)F)cc1. The lowest BCUT2D eigenvalue weighted by Gasteiger charge is -2.28. The zero-order valence-electron chi connectivity index (χ0n) is 17.2. The van der Waals surface area contributed by atoms with Crippen LogP contribution in [0.15, 0.2) is 29.2 Å². The van der Waals surface area contributed by atoms with Gasteiger partial charge in [0, 0.05) is 25.3 Å². The highest BCUT2D eigenvalue weighted by molar-refractivity contribution is 7.91. The number of hydrogen-bond acceptors (Lipinski definition) is 5. The first-order valence-electron chi connectivity index (χ1n) is 10.7. The van der Waals surface area contributed by atoms with Crippen molar-refractivity contribution in [1.82, 2.24) is 9.80 Å². The van der Waals surface area contributed by atoms with Gasteiger partial charge in [0.15, 0.2) is 0 Å². The van der Waals surface area contributed by atoms with Crippen LogP contribution in [0, 0.1) is 5.92 Å². The summed E-state index contributed by atoms with van der Waals surface area (Å²) in [5.74, 6) is -2.84. The fourth-order valence-corrected chi connectivity index (χ4v) is 5.06. The molecule has 9 heteroatoms. The standard InChI is InChI=1S/C21H31F2N3O3S/c22-21(23)30(28,29)19-9-7-18(8-10-19)24-20(27)16-26-12-4-11-25(13-14-26)15-17-5-2-1-3-6-17/h7-10,17,21H,1-6,11-16H2,(H,24,27). The van der Waals surface area contributed by atoms with Crippen molar-refractivity contribution in [3.63, 3.8) is 0 Å². The van der Waals surface area contributed by atoms with Crippen LogP contribution in [0.1, 0.15) is 38.5 Å². The van der Waals surface area contributed by atoms with Crippen LogP contribution >= 0.6 is 0 Å². The molecule has 2 aliphatic rings. The Morgan fingerprint density at radius 3 is 2.27 bits per heavy atom. The van der Waals surface area contributed by atoms with Crippen molar-refractivity contribution in [3.05, 3.63) is 24.3 Å². The van der Waals surface area contributed by atoms with Gasteiger partial charge >= 0.3 is 5.76 Å². The van der Waals surface area contributed by atoms with E-state index in [1.807, 2.05) is 0 Å². The number of alkyl halides is 2. The Morgan fingerprint density at radius 1 is 0.967 bits per heavy atom. The Bertz CT molecular complexity index is 796. The molecule has 1 aromatic carbocycles. The van der Waals surface area contributed by atoms with Gasteiger partial charge < -0.3 is 10.2 Å². The Morgan fingerprint density at radius 2 is 1.60 bits per heavy atom. The molecule has 0 atom stereocenters. The topological polar surface area (TPSA) is 69.7 Å². The molecule has 30 heavy (non-hydrogen) atoms. The number of halogens is 2. The van der Waals surface area contributed by atoms with Crippen molar-refractivity contribution in [1.29, 1.82) is 0 Å². The second kappa shape index (κ2) is 10.6. The average Bonchev–Trinajstić information content (AvgIpc) is 2.94. The summed E-state index contributed by atoms with van der Waals surface area (Å²) in [6.07, 6.45) is 7.75. The molecule has 0 spiro atoms. The summed E-state index contributed by atoms with van der Waals surface area (Å²) in [7, 11) is -4.62. The van der Waals surface area contributed by atoms with Gasteiger partial charge in [-0.25, -0.2) is 8.42 Å². The monoisotopic (exact) mass is 443 g/mol. The first-order chi connectivity index (χ1) is 14.3. The largest absolute Gasteiger partial charge is 0.341 e. The molecule has 6 nitrogen and oxygen atoms in total. The van der Waals surface area contributed by atoms with Gasteiger partial charge in [-0.05, 0) is 62.5 Å². The van der Waals surface area contributed by atoms with Gasteiger partial charge in [-0.3, -0.25) is 9.69 Å². The van der Waals surface area contributed by atoms with Crippen molar-refractivity contribution in [2.45, 2.75) is 49.2 Å². The van der Waals surface area contributed by atoms with E-state index in [1.54, 1.807) is 0 Å². The molecule has 1 N–H and O–H groups in total. The summed E-state index contributed by atoms with van der Waals surface area (Å²) in [5.41, 5.74) is 0.391. The van der Waals surface area contributed by atoms with Crippen molar-refractivity contribution >= 4 is 21.4 Å². The summed E-state index contributed by atoms with van der Waals surface area (Å²) in [6.45, 7) is 5.15. The zero-order valence-corrected chi connectivity index (χ0v) is 18.0. The maximum atomic E-state index is 12.6. The van der Waals surface area contributed by atoms with Crippen molar-refractivity contribution < 1.29 is 22.0 Å². The smallest absolute Gasteiger partial charge is 0.325 e. The van der Waals surface area contributed by atoms with Crippen molar-refractivity contribution in [2.75, 3.05) is 44.6 Å². The number of anilines is 1. The molecule has 0 unspecified atom stereocenters. The Balaban J connectivity index is 1.45. The summed E-state index contributed by atoms with van der Waals surface area (Å²) in [6, 6.07) is 4.85. The molecular formula is C21H31F2N3O3S. The molecule has 0 bridgehead atoms. The van der Waals surface area contributed by atoms with Gasteiger partial charge in [0.05, 0.1) is 11.4 Å². The summed E-state index contributed by atoms with van der Waals surface area (Å²) >= 11 is 0. The summed E-state index contributed by atoms with van der Waals surface area (Å²) in [4.78, 5) is 16.6. The highest BCUT2D eigenvalue weighted by atomic mass is 32.2. The zero-order chi connectivity index (χ0) is 21.6. The first-order valence-corrected chi connectivity index (χ1v) is 12.3. The van der Waals surface area contributed by atoms with Gasteiger partial charge in [-0.15, -0.1) is 0 Å². The van der Waals surface area contributed by atoms with E-state index >= 15 is 0 Å². The number of hydrogen-bond donors (Lipinski definition) is 1. The first kappa shape index (κ1) is 23.1. The van der Waals surface area contributed by atoms with Crippen LogP contribution in [0.3, 0.4) is 0 Å². The molecule has 1 amide bonds. The van der Waals surface area contributed by atoms with E-state index in [0.29, 0.717) is 5.69 Å². The lowest BCUT2D eigenvalue weighted by molar-refractivity contribution is -0.117. The highest BCUT2D eigenvalue weighted by Crippen LogP contribution is 2.25. The predicted molar refractivity (Wildman–Crippen MR) is 112 cm³/mol. The van der Waals surface area contributed by atoms with E-state index in [4.69, 9.17) is 0 Å². The number of nitrogens with zero attached hydrogens (tertiary/aromatic N) is 2. The van der Waals surface area contributed by atoms with E-state index in [0.717, 1.165) is 57.2 Å². The van der Waals surface area contributed by atoms with Crippen LogP contribution in [0.4, 0.5) is 14.5 Å². The molecule has 1 heterocycles. The molecular weight excluding hydrogens is 412 g/mol. The normalized spacial score (nSPS) is 20.2. The predicted octanol–water partition coefficient (Wildman–Crippen LogP) is 3.21. The molecule has 1 aliphatic carbocycles. The van der Waals surface area contributed by atoms with E-state index < -0.39 is 20.5 Å². The maximum absolute atomic E-state index is 12.6. The van der Waals surface area contributed by atoms with Crippen LogP contribution in [0.25, 0.3) is 0 Å². The van der Waals surface area contributed by atoms with E-state index in [1.165, 1.54) is 44.2 Å². The fourth-order valence-electron chi connectivity index (χ4n) is 4.33. The van der Waals surface area contributed by atoms with E-state index in [2.05, 4.69) is 15.1 Å². The van der Waals surface area contributed by atoms with E-state index in [9.17, 15) is 22.0 Å². The van der Waals surface area contributed by atoms with Crippen LogP contribution in [-0.2, 0) is 14.6 Å². The number of carbonyl (C=O) groups excluding carboxylic acids is 1. The Kier molecular flexibility index (Phi) is 8.19. The lowest BCUT2D eigenvalue weighted by Crippen LogP contribution is -2.37. The van der Waals surface area contributed by atoms with Gasteiger partial charge in [0.25, 0.3) is 0 Å². The second-order valence-electron chi connectivity index (χ2n) is 8.31. The molecule has 3 rings (SSSR count). The number of nitrogens with one attached hydrogen (secondary N) is 1. The third-order valence-electron chi connectivity index (χ3n) is 5.99. The molecule has 1 saturated heterocycles. The van der Waals surface area contributed by atoms with Crippen LogP contribution in [0.5, 0.6) is 0 Å². The molecule has 1 aliphatic heterocycles. The molecule has 1 saturated carbocycles. The summed E-state index contributed by atoms with van der Waals surface area (Å²) in [5, 5.41) is 2.72. The number of sulfone groups is 1. The van der Waals surface area contributed by atoms with Crippen LogP contribution in [0.2, 0.25) is 0 Å². The highest BCUT2D eigenvalue weighted by Gasteiger charge is 2.26. The minimum absolute atomic E-state index is 0.194. The Hall–Kier alpha value is -1.58. The van der Waals surface area contributed by atoms with Gasteiger partial charge in [-0.2, -0.15) is 8.78 Å². The maximum Gasteiger partial charge on any atom is 0.341 e. The van der Waals surface area contributed by atoms with Gasteiger partial charge in [0.1, 0.15) is 0 Å². The third-order valence-corrected chi connectivity index (χ3v) is 7.39. The number of amides is 1. The number of rotatable bonds is 7. The minimum Gasteiger partial charge on any atom is -0.325 e. The Labute approximate surface area is 177 Å². The fraction of sp³-hybridized carbons (Fsp3) is 0.667. The number of carbonyl (C=O) groups is 1. The molecule has 168 valence electrons. The van der Waals surface area contributed by atoms with Crippen molar-refractivity contribution in [3.8, 4) is 0 Å². The molecule has 2 fully saturated rings. The minimum atomic E-state index is -4.62. The van der Waals surface area contributed by atoms with Gasteiger partial charge in [-0.1, -0.05) is 19.3 Å². The summed E-state index contributed by atoms with van der Waals surface area (Å²) < 4.78 is 48.1. The lowest BCUT2D eigenvalue weighted by atomic mass is 9.89. The molecule has 1 aromatic rings. The molecule has 0 radical (unpaired) electrons. The van der Waals surface area contributed by atoms with Crippen molar-refractivity contribution in [2.24, 2.45) is 5.92 Å². The number of benzene rings is 1. The third kappa shape index (κ3) is 6.46. The van der Waals surface area contributed by atoms with Crippen LogP contribution in [-0.4, -0.2) is 69.2 Å². The second-order valence-corrected chi connectivity index (χ2v) is 10.2. The van der Waals surface area contributed by atoms with Gasteiger partial charge in [0.2, 0.25) is 15.7 Å².